The summed E-state index contributed by atoms with van der Waals surface area (Å²) in [5.41, 5.74) is 6.85. The number of imidazole rings is 1. The van der Waals surface area contributed by atoms with Crippen LogP contribution in [0.15, 0.2) is 91.5 Å². The summed E-state index contributed by atoms with van der Waals surface area (Å²) in [7, 11) is 0. The van der Waals surface area contributed by atoms with Gasteiger partial charge in [0.15, 0.2) is 5.69 Å². The first kappa shape index (κ1) is 20.3. The minimum Gasteiger partial charge on any atom is -0.355 e. The number of H-pyrrole nitrogens is 1. The fourth-order valence-corrected chi connectivity index (χ4v) is 3.88. The molecule has 0 radical (unpaired) electrons. The van der Waals surface area contributed by atoms with Gasteiger partial charge in [0, 0.05) is 52.8 Å². The molecule has 0 aliphatic carbocycles. The molecule has 6 rings (SSSR count). The van der Waals surface area contributed by atoms with Crippen molar-refractivity contribution >= 4 is 50.5 Å². The van der Waals surface area contributed by atoms with Crippen LogP contribution in [0.25, 0.3) is 38.2 Å². The van der Waals surface area contributed by atoms with Crippen molar-refractivity contribution in [2.45, 2.75) is 0 Å². The van der Waals surface area contributed by atoms with E-state index in [9.17, 15) is 0 Å². The number of rotatable bonds is 5. The summed E-state index contributed by atoms with van der Waals surface area (Å²) < 4.78 is 0. The zero-order valence-electron chi connectivity index (χ0n) is 18.4. The van der Waals surface area contributed by atoms with Crippen molar-refractivity contribution in [3.8, 4) is 11.4 Å². The van der Waals surface area contributed by atoms with Gasteiger partial charge in [0.05, 0.1) is 23.1 Å². The topological polar surface area (TPSA) is 95.8 Å². The molecule has 4 heterocycles. The second-order valence-corrected chi connectivity index (χ2v) is 7.91. The van der Waals surface area contributed by atoms with Crippen molar-refractivity contribution in [1.82, 2.24) is 24.9 Å². The molecule has 0 bridgehead atoms. The van der Waals surface area contributed by atoms with E-state index in [0.29, 0.717) is 11.5 Å². The molecule has 8 heteroatoms. The molecule has 0 atom stereocenters. The Morgan fingerprint density at radius 2 is 1.66 bits per heavy atom. The van der Waals surface area contributed by atoms with E-state index in [2.05, 4.69) is 35.4 Å². The molecule has 3 N–H and O–H groups in total. The second-order valence-electron chi connectivity index (χ2n) is 7.91. The number of benzene rings is 2. The van der Waals surface area contributed by atoms with Crippen LogP contribution in [0.2, 0.25) is 0 Å². The van der Waals surface area contributed by atoms with Gasteiger partial charge in [-0.05, 0) is 60.7 Å². The SMILES string of the molecule is [C-]#[N+]c1ccc2nccc(Nc3ccc(-c4nc5ccc(Nc6ccncc6)cc5[nH]4)cn3)c2c1. The number of nitrogens with zero attached hydrogens (tertiary/aromatic N) is 5. The van der Waals surface area contributed by atoms with Crippen LogP contribution in [-0.2, 0) is 0 Å². The molecule has 4 aromatic heterocycles. The highest BCUT2D eigenvalue weighted by atomic mass is 15.0. The smallest absolute Gasteiger partial charge is 0.188 e. The number of aromatic nitrogens is 5. The van der Waals surface area contributed by atoms with Gasteiger partial charge in [-0.25, -0.2) is 14.8 Å². The third kappa shape index (κ3) is 4.10. The molecule has 6 aromatic rings. The summed E-state index contributed by atoms with van der Waals surface area (Å²) in [4.78, 5) is 24.6. The molecular weight excluding hydrogens is 436 g/mol. The second kappa shape index (κ2) is 8.57. The van der Waals surface area contributed by atoms with Crippen molar-refractivity contribution in [3.05, 3.63) is 103 Å². The van der Waals surface area contributed by atoms with Crippen molar-refractivity contribution in [2.24, 2.45) is 0 Å². The number of anilines is 4. The van der Waals surface area contributed by atoms with Crippen LogP contribution in [0, 0.1) is 6.57 Å². The van der Waals surface area contributed by atoms with Crippen molar-refractivity contribution in [2.75, 3.05) is 10.6 Å². The average molecular weight is 454 g/mol. The first-order valence-electron chi connectivity index (χ1n) is 10.9. The van der Waals surface area contributed by atoms with Crippen molar-refractivity contribution in [1.29, 1.82) is 0 Å². The minimum atomic E-state index is 0.570. The van der Waals surface area contributed by atoms with E-state index < -0.39 is 0 Å². The van der Waals surface area contributed by atoms with Gasteiger partial charge >= 0.3 is 0 Å². The maximum absolute atomic E-state index is 7.28. The first-order valence-corrected chi connectivity index (χ1v) is 10.9. The van der Waals surface area contributed by atoms with Gasteiger partial charge in [-0.1, -0.05) is 6.07 Å². The molecular formula is C27H18N8. The molecule has 0 amide bonds. The zero-order chi connectivity index (χ0) is 23.6. The lowest BCUT2D eigenvalue weighted by Crippen LogP contribution is -1.95. The predicted molar refractivity (Wildman–Crippen MR) is 138 cm³/mol. The lowest BCUT2D eigenvalue weighted by atomic mass is 10.1. The number of hydrogen-bond acceptors (Lipinski definition) is 6. The largest absolute Gasteiger partial charge is 0.355 e. The van der Waals surface area contributed by atoms with Crippen molar-refractivity contribution < 1.29 is 0 Å². The van der Waals surface area contributed by atoms with E-state index in [4.69, 9.17) is 11.6 Å². The number of pyridine rings is 3. The molecule has 0 aliphatic heterocycles. The van der Waals surface area contributed by atoms with Crippen molar-refractivity contribution in [3.63, 3.8) is 0 Å². The molecule has 166 valence electrons. The van der Waals surface area contributed by atoms with E-state index in [1.54, 1.807) is 30.9 Å². The number of aromatic amines is 1. The highest BCUT2D eigenvalue weighted by molar-refractivity contribution is 5.94. The van der Waals surface area contributed by atoms with Gasteiger partial charge in [-0.3, -0.25) is 9.97 Å². The van der Waals surface area contributed by atoms with Crippen LogP contribution < -0.4 is 10.6 Å². The third-order valence-corrected chi connectivity index (χ3v) is 5.60. The van der Waals surface area contributed by atoms with Crippen LogP contribution in [0.5, 0.6) is 0 Å². The van der Waals surface area contributed by atoms with Crippen LogP contribution >= 0.6 is 0 Å². The Bertz CT molecular complexity index is 1700. The Morgan fingerprint density at radius 1 is 0.771 bits per heavy atom. The lowest BCUT2D eigenvalue weighted by molar-refractivity contribution is 1.27. The standard InChI is InChI=1S/C27H18N8/c1-28-19-3-5-22-21(14-19)23(10-13-30-22)33-26-7-2-17(16-31-26)27-34-24-6-4-20(15-25(24)35-27)32-18-8-11-29-12-9-18/h2-16H,(H,29,32)(H,34,35)(H,30,31,33). The summed E-state index contributed by atoms with van der Waals surface area (Å²) in [5, 5.41) is 7.58. The first-order chi connectivity index (χ1) is 17.2. The normalized spacial score (nSPS) is 10.8. The monoisotopic (exact) mass is 454 g/mol. The van der Waals surface area contributed by atoms with E-state index in [-0.39, 0.29) is 0 Å². The van der Waals surface area contributed by atoms with Gasteiger partial charge in [-0.15, -0.1) is 0 Å². The van der Waals surface area contributed by atoms with Gasteiger partial charge < -0.3 is 15.6 Å². The van der Waals surface area contributed by atoms with E-state index >= 15 is 0 Å². The fraction of sp³-hybridized carbons (Fsp3) is 0. The third-order valence-electron chi connectivity index (χ3n) is 5.60. The van der Waals surface area contributed by atoms with Gasteiger partial charge in [0.1, 0.15) is 11.6 Å². The predicted octanol–water partition coefficient (Wildman–Crippen LogP) is 6.61. The van der Waals surface area contributed by atoms with Gasteiger partial charge in [-0.2, -0.15) is 0 Å². The maximum atomic E-state index is 7.28. The molecule has 8 nitrogen and oxygen atoms in total. The van der Waals surface area contributed by atoms with E-state index in [1.807, 2.05) is 60.7 Å². The summed E-state index contributed by atoms with van der Waals surface area (Å²) in [6.45, 7) is 7.28. The maximum Gasteiger partial charge on any atom is 0.188 e. The summed E-state index contributed by atoms with van der Waals surface area (Å²) >= 11 is 0. The van der Waals surface area contributed by atoms with Gasteiger partial charge in [0.2, 0.25) is 0 Å². The molecule has 0 unspecified atom stereocenters. The Kier molecular flexibility index (Phi) is 4.98. The Balaban J connectivity index is 1.25. The molecule has 0 saturated carbocycles. The van der Waals surface area contributed by atoms with E-state index in [1.165, 1.54) is 0 Å². The van der Waals surface area contributed by atoms with Crippen LogP contribution in [-0.4, -0.2) is 24.9 Å². The fourth-order valence-electron chi connectivity index (χ4n) is 3.88. The molecule has 0 spiro atoms. The molecule has 0 saturated heterocycles. The molecule has 2 aromatic carbocycles. The number of hydrogen-bond donors (Lipinski definition) is 3. The van der Waals surface area contributed by atoms with Gasteiger partial charge in [0.25, 0.3) is 0 Å². The molecule has 35 heavy (non-hydrogen) atoms. The number of fused-ring (bicyclic) bond motifs is 2. The quantitative estimate of drug-likeness (QED) is 0.254. The lowest BCUT2D eigenvalue weighted by Gasteiger charge is -2.09. The Morgan fingerprint density at radius 3 is 2.49 bits per heavy atom. The van der Waals surface area contributed by atoms with E-state index in [0.717, 1.165) is 50.4 Å². The summed E-state index contributed by atoms with van der Waals surface area (Å²) in [6, 6.07) is 21.0. The van der Waals surface area contributed by atoms with Crippen LogP contribution in [0.1, 0.15) is 0 Å². The van der Waals surface area contributed by atoms with Crippen LogP contribution in [0.3, 0.4) is 0 Å². The average Bonchev–Trinajstić information content (AvgIpc) is 3.33. The summed E-state index contributed by atoms with van der Waals surface area (Å²) in [6.07, 6.45) is 7.03. The zero-order valence-corrected chi connectivity index (χ0v) is 18.4. The molecule has 0 fully saturated rings. The summed E-state index contributed by atoms with van der Waals surface area (Å²) in [5.74, 6) is 1.44. The Labute approximate surface area is 200 Å². The highest BCUT2D eigenvalue weighted by Crippen LogP contribution is 2.29. The number of nitrogens with one attached hydrogen (secondary N) is 3. The van der Waals surface area contributed by atoms with Crippen LogP contribution in [0.4, 0.5) is 28.6 Å². The minimum absolute atomic E-state index is 0.570. The highest BCUT2D eigenvalue weighted by Gasteiger charge is 2.09. The Hall–Kier alpha value is -5.29. The molecule has 0 aliphatic rings.